The van der Waals surface area contributed by atoms with Crippen LogP contribution < -0.4 is 14.8 Å². The maximum Gasteiger partial charge on any atom is 0.206 e. The number of thioether (sulfide) groups is 1. The number of halogens is 1. The second kappa shape index (κ2) is 8.60. The minimum atomic E-state index is 0.595. The second-order valence-electron chi connectivity index (χ2n) is 5.51. The van der Waals surface area contributed by atoms with Crippen LogP contribution in [0.15, 0.2) is 38.5 Å². The van der Waals surface area contributed by atoms with E-state index in [9.17, 15) is 0 Å². The Hall–Kier alpha value is -1.29. The molecular formula is C17H16BrN3O2S3. The van der Waals surface area contributed by atoms with Crippen LogP contribution in [0.4, 0.5) is 5.13 Å². The van der Waals surface area contributed by atoms with Gasteiger partial charge in [0.2, 0.25) is 5.13 Å². The van der Waals surface area contributed by atoms with Crippen LogP contribution in [0.1, 0.15) is 10.4 Å². The fraction of sp³-hybridized carbons (Fsp3) is 0.294. The number of rotatable bonds is 7. The molecule has 0 bridgehead atoms. The van der Waals surface area contributed by atoms with E-state index in [4.69, 9.17) is 9.47 Å². The Morgan fingerprint density at radius 3 is 2.85 bits per heavy atom. The number of hydrogen-bond acceptors (Lipinski definition) is 8. The van der Waals surface area contributed by atoms with E-state index < -0.39 is 0 Å². The molecule has 0 fully saturated rings. The van der Waals surface area contributed by atoms with Crippen molar-refractivity contribution in [1.29, 1.82) is 0 Å². The van der Waals surface area contributed by atoms with Crippen molar-refractivity contribution in [2.24, 2.45) is 0 Å². The number of thiophene rings is 1. The maximum atomic E-state index is 5.66. The molecule has 9 heteroatoms. The molecule has 0 saturated carbocycles. The fourth-order valence-electron chi connectivity index (χ4n) is 2.44. The van der Waals surface area contributed by atoms with Gasteiger partial charge < -0.3 is 14.8 Å². The number of aromatic nitrogens is 2. The molecule has 0 spiro atoms. The predicted molar refractivity (Wildman–Crippen MR) is 111 cm³/mol. The summed E-state index contributed by atoms with van der Waals surface area (Å²) in [7, 11) is 0. The smallest absolute Gasteiger partial charge is 0.206 e. The Kier molecular flexibility index (Phi) is 5.98. The van der Waals surface area contributed by atoms with E-state index in [1.54, 1.807) is 34.4 Å². The summed E-state index contributed by atoms with van der Waals surface area (Å²) >= 11 is 8.65. The Morgan fingerprint density at radius 1 is 1.19 bits per heavy atom. The highest BCUT2D eigenvalue weighted by Gasteiger charge is 2.15. The van der Waals surface area contributed by atoms with Gasteiger partial charge in [-0.25, -0.2) is 0 Å². The van der Waals surface area contributed by atoms with Gasteiger partial charge in [0, 0.05) is 21.6 Å². The molecule has 0 aliphatic carbocycles. The predicted octanol–water partition coefficient (Wildman–Crippen LogP) is 5.08. The van der Waals surface area contributed by atoms with Gasteiger partial charge in [0.05, 0.1) is 0 Å². The molecule has 5 nitrogen and oxygen atoms in total. The maximum absolute atomic E-state index is 5.66. The number of nitrogens with zero attached hydrogens (tertiary/aromatic N) is 2. The van der Waals surface area contributed by atoms with Gasteiger partial charge in [-0.3, -0.25) is 0 Å². The molecule has 3 heterocycles. The molecule has 1 N–H and O–H groups in total. The molecule has 1 aromatic carbocycles. The number of ether oxygens (including phenoxy) is 2. The van der Waals surface area contributed by atoms with Crippen molar-refractivity contribution < 1.29 is 9.47 Å². The number of fused-ring (bicyclic) bond motifs is 1. The van der Waals surface area contributed by atoms with Crippen molar-refractivity contribution in [1.82, 2.24) is 10.2 Å². The first-order chi connectivity index (χ1) is 12.8. The quantitative estimate of drug-likeness (QED) is 0.486. The molecular weight excluding hydrogens is 454 g/mol. The summed E-state index contributed by atoms with van der Waals surface area (Å²) in [6, 6.07) is 8.24. The lowest BCUT2D eigenvalue weighted by atomic mass is 10.2. The molecule has 0 amide bonds. The van der Waals surface area contributed by atoms with E-state index in [0.717, 1.165) is 49.7 Å². The standard InChI is InChI=1S/C17H16BrN3O2S3/c18-13-9-15-14(22-5-6-23-15)8-11(13)10-25-17-21-20-16(26-17)19-4-3-12-2-1-7-24-12/h1-2,7-9H,3-6,10H2,(H,19,20). The molecule has 0 atom stereocenters. The molecule has 2 aromatic heterocycles. The topological polar surface area (TPSA) is 56.3 Å². The third-order valence-electron chi connectivity index (χ3n) is 3.70. The van der Waals surface area contributed by atoms with Crippen molar-refractivity contribution in [3.05, 3.63) is 44.6 Å². The fourth-order valence-corrected chi connectivity index (χ4v) is 5.57. The van der Waals surface area contributed by atoms with Crippen LogP contribution in [0.2, 0.25) is 0 Å². The average molecular weight is 470 g/mol. The van der Waals surface area contributed by atoms with Gasteiger partial charge >= 0.3 is 0 Å². The number of nitrogens with one attached hydrogen (secondary N) is 1. The highest BCUT2D eigenvalue weighted by molar-refractivity contribution is 9.10. The molecule has 26 heavy (non-hydrogen) atoms. The number of benzene rings is 1. The third-order valence-corrected chi connectivity index (χ3v) is 7.43. The summed E-state index contributed by atoms with van der Waals surface area (Å²) < 4.78 is 13.2. The molecule has 1 aliphatic heterocycles. The second-order valence-corrected chi connectivity index (χ2v) is 9.59. The molecule has 1 aliphatic rings. The van der Waals surface area contributed by atoms with E-state index in [1.807, 2.05) is 12.1 Å². The minimum Gasteiger partial charge on any atom is -0.486 e. The van der Waals surface area contributed by atoms with Crippen LogP contribution >= 0.6 is 50.4 Å². The first-order valence-corrected chi connectivity index (χ1v) is 11.6. The van der Waals surface area contributed by atoms with Gasteiger partial charge in [0.1, 0.15) is 13.2 Å². The Labute approximate surface area is 172 Å². The van der Waals surface area contributed by atoms with Crippen molar-refractivity contribution >= 4 is 55.5 Å². The summed E-state index contributed by atoms with van der Waals surface area (Å²) in [6.45, 7) is 2.06. The van der Waals surface area contributed by atoms with Crippen LogP contribution in [0.25, 0.3) is 0 Å². The first-order valence-electron chi connectivity index (χ1n) is 8.08. The van der Waals surface area contributed by atoms with Crippen molar-refractivity contribution in [3.8, 4) is 11.5 Å². The van der Waals surface area contributed by atoms with E-state index in [-0.39, 0.29) is 0 Å². The molecule has 0 radical (unpaired) electrons. The molecule has 136 valence electrons. The molecule has 3 aromatic rings. The average Bonchev–Trinajstić information content (AvgIpc) is 3.32. The Morgan fingerprint density at radius 2 is 2.04 bits per heavy atom. The molecule has 0 unspecified atom stereocenters. The van der Waals surface area contributed by atoms with Crippen molar-refractivity contribution in [3.63, 3.8) is 0 Å². The lowest BCUT2D eigenvalue weighted by Crippen LogP contribution is -2.15. The van der Waals surface area contributed by atoms with Gasteiger partial charge in [0.15, 0.2) is 15.8 Å². The zero-order valence-electron chi connectivity index (χ0n) is 13.7. The van der Waals surface area contributed by atoms with Gasteiger partial charge in [-0.2, -0.15) is 0 Å². The third kappa shape index (κ3) is 4.51. The van der Waals surface area contributed by atoms with E-state index in [2.05, 4.69) is 49.0 Å². The summed E-state index contributed by atoms with van der Waals surface area (Å²) in [5, 5.41) is 14.8. The van der Waals surface area contributed by atoms with Crippen LogP contribution in [-0.2, 0) is 12.2 Å². The van der Waals surface area contributed by atoms with Gasteiger partial charge in [-0.15, -0.1) is 21.5 Å². The van der Waals surface area contributed by atoms with Crippen LogP contribution in [0.3, 0.4) is 0 Å². The van der Waals surface area contributed by atoms with Crippen LogP contribution in [-0.4, -0.2) is 30.0 Å². The van der Waals surface area contributed by atoms with Crippen molar-refractivity contribution in [2.45, 2.75) is 16.5 Å². The minimum absolute atomic E-state index is 0.595. The lowest BCUT2D eigenvalue weighted by molar-refractivity contribution is 0.171. The molecule has 4 rings (SSSR count). The highest BCUT2D eigenvalue weighted by Crippen LogP contribution is 2.38. The van der Waals surface area contributed by atoms with Crippen LogP contribution in [0.5, 0.6) is 11.5 Å². The van der Waals surface area contributed by atoms with E-state index in [0.29, 0.717) is 13.2 Å². The normalized spacial score (nSPS) is 13.0. The summed E-state index contributed by atoms with van der Waals surface area (Å²) in [5.74, 6) is 2.40. The van der Waals surface area contributed by atoms with Crippen molar-refractivity contribution in [2.75, 3.05) is 25.1 Å². The zero-order valence-corrected chi connectivity index (χ0v) is 17.8. The zero-order chi connectivity index (χ0) is 17.8. The number of hydrogen-bond donors (Lipinski definition) is 1. The first kappa shape index (κ1) is 18.1. The SMILES string of the molecule is Brc1cc2c(cc1CSc1nnc(NCCc3cccs3)s1)OCCO2. The van der Waals surface area contributed by atoms with Gasteiger partial charge in [0.25, 0.3) is 0 Å². The van der Waals surface area contributed by atoms with Gasteiger partial charge in [-0.05, 0) is 35.6 Å². The summed E-state index contributed by atoms with van der Waals surface area (Å²) in [6.07, 6.45) is 1.00. The molecule has 0 saturated heterocycles. The Balaban J connectivity index is 1.31. The number of anilines is 1. The van der Waals surface area contributed by atoms with Gasteiger partial charge in [-0.1, -0.05) is 45.1 Å². The Bertz CT molecular complexity index is 870. The monoisotopic (exact) mass is 469 g/mol. The summed E-state index contributed by atoms with van der Waals surface area (Å²) in [4.78, 5) is 1.38. The summed E-state index contributed by atoms with van der Waals surface area (Å²) in [5.41, 5.74) is 1.15. The largest absolute Gasteiger partial charge is 0.486 e. The van der Waals surface area contributed by atoms with E-state index >= 15 is 0 Å². The van der Waals surface area contributed by atoms with E-state index in [1.165, 1.54) is 4.88 Å². The highest BCUT2D eigenvalue weighted by atomic mass is 79.9. The van der Waals surface area contributed by atoms with Crippen LogP contribution in [0, 0.1) is 0 Å². The lowest BCUT2D eigenvalue weighted by Gasteiger charge is -2.19.